The highest BCUT2D eigenvalue weighted by atomic mass is 16.1. The summed E-state index contributed by atoms with van der Waals surface area (Å²) in [4.78, 5) is 11.0. The minimum Gasteiger partial charge on any atom is -0.329 e. The number of rotatable bonds is 4. The van der Waals surface area contributed by atoms with Gasteiger partial charge in [-0.3, -0.25) is 4.79 Å². The average Bonchev–Trinajstić information content (AvgIpc) is 2.15. The van der Waals surface area contributed by atoms with Crippen LogP contribution in [-0.4, -0.2) is 32.0 Å². The first kappa shape index (κ1) is 16.3. The maximum atomic E-state index is 11.0. The summed E-state index contributed by atoms with van der Waals surface area (Å²) < 4.78 is 0. The van der Waals surface area contributed by atoms with Crippen LogP contribution in [0.1, 0.15) is 33.6 Å². The van der Waals surface area contributed by atoms with E-state index in [-0.39, 0.29) is 11.2 Å². The number of allylic oxidation sites excluding steroid dienone is 2. The topological polar surface area (TPSA) is 81.1 Å². The van der Waals surface area contributed by atoms with Crippen molar-refractivity contribution in [2.75, 3.05) is 26.2 Å². The molecule has 0 heterocycles. The van der Waals surface area contributed by atoms with E-state index < -0.39 is 0 Å². The van der Waals surface area contributed by atoms with Gasteiger partial charge in [0, 0.05) is 32.6 Å². The first-order chi connectivity index (χ1) is 7.91. The molecule has 0 amide bonds. The lowest BCUT2D eigenvalue weighted by Crippen LogP contribution is -2.27. The Labute approximate surface area is 105 Å². The summed E-state index contributed by atoms with van der Waals surface area (Å²) in [5, 5.41) is 3.03. The van der Waals surface area contributed by atoms with Gasteiger partial charge in [0.25, 0.3) is 0 Å². The maximum Gasteiger partial charge on any atom is 0.156 e. The highest BCUT2D eigenvalue weighted by molar-refractivity contribution is 5.91. The number of hydrogen-bond acceptors (Lipinski definition) is 4. The van der Waals surface area contributed by atoms with Crippen LogP contribution in [0.25, 0.3) is 0 Å². The quantitative estimate of drug-likeness (QED) is 0.636. The van der Waals surface area contributed by atoms with Crippen LogP contribution in [0.3, 0.4) is 0 Å². The lowest BCUT2D eigenvalue weighted by molar-refractivity contribution is -0.117. The van der Waals surface area contributed by atoms with Gasteiger partial charge in [-0.15, -0.1) is 0 Å². The van der Waals surface area contributed by atoms with Crippen LogP contribution in [0, 0.1) is 5.41 Å². The second-order valence-corrected chi connectivity index (χ2v) is 5.30. The third kappa shape index (κ3) is 9.03. The minimum atomic E-state index is 0.204. The van der Waals surface area contributed by atoms with E-state index in [1.165, 1.54) is 5.57 Å². The van der Waals surface area contributed by atoms with Crippen molar-refractivity contribution in [3.05, 3.63) is 11.6 Å². The van der Waals surface area contributed by atoms with Gasteiger partial charge in [0.15, 0.2) is 5.78 Å². The van der Waals surface area contributed by atoms with Crippen molar-refractivity contribution >= 4 is 5.78 Å². The van der Waals surface area contributed by atoms with Gasteiger partial charge in [-0.05, 0) is 24.8 Å². The fourth-order valence-electron chi connectivity index (χ4n) is 2.00. The largest absolute Gasteiger partial charge is 0.329 e. The molecule has 0 radical (unpaired) electrons. The highest BCUT2D eigenvalue weighted by Gasteiger charge is 2.25. The van der Waals surface area contributed by atoms with Crippen LogP contribution in [0.2, 0.25) is 0 Å². The SMILES string of the molecule is CC1=CC(=O)CC(C)(C)C1.NCCNCCN. The summed E-state index contributed by atoms with van der Waals surface area (Å²) >= 11 is 0. The van der Waals surface area contributed by atoms with Crippen LogP contribution in [0.5, 0.6) is 0 Å². The number of carbonyl (C=O) groups excluding carboxylic acids is 1. The Bertz CT molecular complexity index is 255. The Morgan fingerprint density at radius 3 is 2.12 bits per heavy atom. The van der Waals surface area contributed by atoms with Crippen LogP contribution < -0.4 is 16.8 Å². The molecular formula is C13H27N3O. The van der Waals surface area contributed by atoms with E-state index in [2.05, 4.69) is 19.2 Å². The summed E-state index contributed by atoms with van der Waals surface area (Å²) in [7, 11) is 0. The maximum absolute atomic E-state index is 11.0. The van der Waals surface area contributed by atoms with E-state index in [4.69, 9.17) is 11.5 Å². The molecule has 100 valence electrons. The molecule has 0 atom stereocenters. The van der Waals surface area contributed by atoms with Gasteiger partial charge in [-0.25, -0.2) is 0 Å². The summed E-state index contributed by atoms with van der Waals surface area (Å²) in [5.74, 6) is 0.286. The van der Waals surface area contributed by atoms with Crippen LogP contribution in [0.4, 0.5) is 0 Å². The Kier molecular flexibility index (Phi) is 8.04. The number of nitrogens with two attached hydrogens (primary N) is 2. The Morgan fingerprint density at radius 2 is 1.76 bits per heavy atom. The molecule has 0 unspecified atom stereocenters. The van der Waals surface area contributed by atoms with E-state index in [1.807, 2.05) is 6.92 Å². The molecule has 0 saturated heterocycles. The molecule has 1 rings (SSSR count). The smallest absolute Gasteiger partial charge is 0.156 e. The number of nitrogens with one attached hydrogen (secondary N) is 1. The third-order valence-corrected chi connectivity index (χ3v) is 2.46. The van der Waals surface area contributed by atoms with Crippen LogP contribution in [0.15, 0.2) is 11.6 Å². The summed E-state index contributed by atoms with van der Waals surface area (Å²) in [6.07, 6.45) is 3.55. The molecule has 0 aromatic carbocycles. The molecule has 0 spiro atoms. The lowest BCUT2D eigenvalue weighted by atomic mass is 9.77. The molecule has 0 bridgehead atoms. The third-order valence-electron chi connectivity index (χ3n) is 2.46. The first-order valence-corrected chi connectivity index (χ1v) is 6.22. The van der Waals surface area contributed by atoms with E-state index in [9.17, 15) is 4.79 Å². The van der Waals surface area contributed by atoms with Gasteiger partial charge in [0.2, 0.25) is 0 Å². The molecule has 0 saturated carbocycles. The predicted molar refractivity (Wildman–Crippen MR) is 72.8 cm³/mol. The van der Waals surface area contributed by atoms with Gasteiger partial charge >= 0.3 is 0 Å². The fourth-order valence-corrected chi connectivity index (χ4v) is 2.00. The average molecular weight is 241 g/mol. The molecule has 1 aliphatic rings. The number of ketones is 1. The molecule has 0 aromatic heterocycles. The van der Waals surface area contributed by atoms with Crippen molar-refractivity contribution in [3.63, 3.8) is 0 Å². The Balaban J connectivity index is 0.000000325. The monoisotopic (exact) mass is 241 g/mol. The number of carbonyl (C=O) groups is 1. The molecule has 4 heteroatoms. The predicted octanol–water partition coefficient (Wildman–Crippen LogP) is 0.815. The van der Waals surface area contributed by atoms with Crippen molar-refractivity contribution in [2.45, 2.75) is 33.6 Å². The lowest BCUT2D eigenvalue weighted by Gasteiger charge is -2.27. The van der Waals surface area contributed by atoms with Crippen molar-refractivity contribution in [1.82, 2.24) is 5.32 Å². The summed E-state index contributed by atoms with van der Waals surface area (Å²) in [6, 6.07) is 0. The molecule has 4 nitrogen and oxygen atoms in total. The van der Waals surface area contributed by atoms with E-state index in [0.717, 1.165) is 19.5 Å². The van der Waals surface area contributed by atoms with Gasteiger partial charge in [-0.1, -0.05) is 19.4 Å². The molecule has 5 N–H and O–H groups in total. The second-order valence-electron chi connectivity index (χ2n) is 5.30. The van der Waals surface area contributed by atoms with Crippen molar-refractivity contribution in [2.24, 2.45) is 16.9 Å². The number of hydrogen-bond donors (Lipinski definition) is 3. The first-order valence-electron chi connectivity index (χ1n) is 6.22. The highest BCUT2D eigenvalue weighted by Crippen LogP contribution is 2.32. The Morgan fingerprint density at radius 1 is 1.24 bits per heavy atom. The normalized spacial score (nSPS) is 18.2. The molecule has 1 aliphatic carbocycles. The Hall–Kier alpha value is -0.710. The van der Waals surface area contributed by atoms with Gasteiger partial charge in [0.05, 0.1) is 0 Å². The van der Waals surface area contributed by atoms with E-state index >= 15 is 0 Å². The minimum absolute atomic E-state index is 0.204. The van der Waals surface area contributed by atoms with E-state index in [1.54, 1.807) is 6.08 Å². The zero-order valence-corrected chi connectivity index (χ0v) is 11.4. The van der Waals surface area contributed by atoms with Crippen LogP contribution in [-0.2, 0) is 4.79 Å². The van der Waals surface area contributed by atoms with Crippen molar-refractivity contribution in [1.29, 1.82) is 0 Å². The van der Waals surface area contributed by atoms with E-state index in [0.29, 0.717) is 19.5 Å². The zero-order valence-electron chi connectivity index (χ0n) is 11.4. The van der Waals surface area contributed by atoms with Gasteiger partial charge < -0.3 is 16.8 Å². The molecule has 0 aromatic rings. The standard InChI is InChI=1S/C9H14O.C4H13N3/c1-7-4-8(10)6-9(2,3)5-7;5-1-3-7-4-2-6/h4H,5-6H2,1-3H3;7H,1-6H2. The van der Waals surface area contributed by atoms with Crippen molar-refractivity contribution < 1.29 is 4.79 Å². The molecule has 0 fully saturated rings. The fraction of sp³-hybridized carbons (Fsp3) is 0.769. The molecular weight excluding hydrogens is 214 g/mol. The summed E-state index contributed by atoms with van der Waals surface area (Å²) in [5.41, 5.74) is 11.8. The summed E-state index contributed by atoms with van der Waals surface area (Å²) in [6.45, 7) is 9.44. The van der Waals surface area contributed by atoms with Crippen LogP contribution >= 0.6 is 0 Å². The molecule has 17 heavy (non-hydrogen) atoms. The van der Waals surface area contributed by atoms with Crippen molar-refractivity contribution in [3.8, 4) is 0 Å². The van der Waals surface area contributed by atoms with Gasteiger partial charge in [-0.2, -0.15) is 0 Å². The molecule has 0 aliphatic heterocycles. The zero-order chi connectivity index (χ0) is 13.3. The van der Waals surface area contributed by atoms with Gasteiger partial charge in [0.1, 0.15) is 0 Å². The second kappa shape index (κ2) is 8.39.